The molecule has 0 amide bonds. The van der Waals surface area contributed by atoms with Crippen LogP contribution in [-0.4, -0.2) is 23.1 Å². The van der Waals surface area contributed by atoms with Gasteiger partial charge in [-0.15, -0.1) is 0 Å². The predicted octanol–water partition coefficient (Wildman–Crippen LogP) is 2.12. The van der Waals surface area contributed by atoms with Gasteiger partial charge in [0.25, 0.3) is 0 Å². The van der Waals surface area contributed by atoms with Crippen LogP contribution in [0.25, 0.3) is 0 Å². The number of nitrogens with zero attached hydrogens (tertiary/aromatic N) is 2. The lowest BCUT2D eigenvalue weighted by Gasteiger charge is -2.15. The molecule has 0 aromatic carbocycles. The highest BCUT2D eigenvalue weighted by Gasteiger charge is 2.03. The fourth-order valence-electron chi connectivity index (χ4n) is 1.27. The van der Waals surface area contributed by atoms with Crippen molar-refractivity contribution in [2.24, 2.45) is 0 Å². The normalized spacial score (nSPS) is 10.3. The van der Waals surface area contributed by atoms with E-state index in [1.165, 1.54) is 0 Å². The minimum atomic E-state index is 0.495. The van der Waals surface area contributed by atoms with Crippen molar-refractivity contribution < 1.29 is 0 Å². The van der Waals surface area contributed by atoms with Crippen molar-refractivity contribution in [1.82, 2.24) is 9.97 Å². The van der Waals surface area contributed by atoms with Crippen molar-refractivity contribution in [2.45, 2.75) is 32.7 Å². The lowest BCUT2D eigenvalue weighted by atomic mass is 10.2. The highest BCUT2D eigenvalue weighted by Crippen LogP contribution is 2.11. The third-order valence-electron chi connectivity index (χ3n) is 2.26. The van der Waals surface area contributed by atoms with Gasteiger partial charge >= 0.3 is 0 Å². The van der Waals surface area contributed by atoms with Crippen LogP contribution in [0.4, 0.5) is 11.6 Å². The average molecular weight is 194 g/mol. The molecule has 0 saturated heterocycles. The molecule has 0 atom stereocenters. The molecule has 0 bridgehead atoms. The Balaban J connectivity index is 2.65. The quantitative estimate of drug-likeness (QED) is 0.753. The maximum absolute atomic E-state index is 4.16. The van der Waals surface area contributed by atoms with Gasteiger partial charge in [0.05, 0.1) is 0 Å². The summed E-state index contributed by atoms with van der Waals surface area (Å²) >= 11 is 0. The van der Waals surface area contributed by atoms with Crippen LogP contribution in [0.15, 0.2) is 12.4 Å². The van der Waals surface area contributed by atoms with Gasteiger partial charge in [-0.05, 0) is 12.8 Å². The van der Waals surface area contributed by atoms with E-state index in [0.29, 0.717) is 6.04 Å². The largest absolute Gasteiger partial charge is 0.373 e. The fourth-order valence-corrected chi connectivity index (χ4v) is 1.27. The molecule has 1 aromatic heterocycles. The second kappa shape index (κ2) is 5.42. The van der Waals surface area contributed by atoms with Gasteiger partial charge in [-0.2, -0.15) is 0 Å². The topological polar surface area (TPSA) is 49.8 Å². The van der Waals surface area contributed by atoms with Gasteiger partial charge < -0.3 is 10.6 Å². The summed E-state index contributed by atoms with van der Waals surface area (Å²) < 4.78 is 0. The number of hydrogen-bond donors (Lipinski definition) is 2. The Morgan fingerprint density at radius 1 is 1.21 bits per heavy atom. The van der Waals surface area contributed by atoms with Crippen molar-refractivity contribution in [3.8, 4) is 0 Å². The van der Waals surface area contributed by atoms with Crippen LogP contribution < -0.4 is 10.6 Å². The molecule has 4 nitrogen and oxygen atoms in total. The van der Waals surface area contributed by atoms with Gasteiger partial charge in [-0.25, -0.2) is 9.97 Å². The van der Waals surface area contributed by atoms with Gasteiger partial charge in [0.1, 0.15) is 18.0 Å². The first-order valence-electron chi connectivity index (χ1n) is 5.06. The second-order valence-electron chi connectivity index (χ2n) is 3.20. The van der Waals surface area contributed by atoms with Crippen LogP contribution in [0.2, 0.25) is 0 Å². The zero-order valence-corrected chi connectivity index (χ0v) is 9.04. The summed E-state index contributed by atoms with van der Waals surface area (Å²) in [6.45, 7) is 4.34. The van der Waals surface area contributed by atoms with Gasteiger partial charge in [-0.1, -0.05) is 13.8 Å². The molecule has 14 heavy (non-hydrogen) atoms. The molecule has 0 fully saturated rings. The third kappa shape index (κ3) is 2.87. The van der Waals surface area contributed by atoms with Crippen molar-refractivity contribution in [1.29, 1.82) is 0 Å². The number of hydrogen-bond acceptors (Lipinski definition) is 4. The van der Waals surface area contributed by atoms with Gasteiger partial charge in [0.15, 0.2) is 0 Å². The van der Waals surface area contributed by atoms with Crippen LogP contribution in [0, 0.1) is 0 Å². The Hall–Kier alpha value is -1.32. The van der Waals surface area contributed by atoms with E-state index in [2.05, 4.69) is 34.4 Å². The molecule has 0 aliphatic heterocycles. The summed E-state index contributed by atoms with van der Waals surface area (Å²) in [4.78, 5) is 8.22. The molecule has 4 heteroatoms. The Bertz CT molecular complexity index is 271. The van der Waals surface area contributed by atoms with E-state index in [0.717, 1.165) is 24.5 Å². The smallest absolute Gasteiger partial charge is 0.131 e. The monoisotopic (exact) mass is 194 g/mol. The molecule has 1 aromatic rings. The summed E-state index contributed by atoms with van der Waals surface area (Å²) in [5, 5.41) is 6.35. The van der Waals surface area contributed by atoms with Crippen molar-refractivity contribution in [3.05, 3.63) is 12.4 Å². The molecule has 2 N–H and O–H groups in total. The summed E-state index contributed by atoms with van der Waals surface area (Å²) in [7, 11) is 1.85. The Morgan fingerprint density at radius 2 is 1.86 bits per heavy atom. The second-order valence-corrected chi connectivity index (χ2v) is 3.20. The van der Waals surface area contributed by atoms with Gasteiger partial charge in [0, 0.05) is 19.2 Å². The maximum atomic E-state index is 4.16. The van der Waals surface area contributed by atoms with Crippen LogP contribution in [0.1, 0.15) is 26.7 Å². The van der Waals surface area contributed by atoms with Gasteiger partial charge in [0.2, 0.25) is 0 Å². The first-order chi connectivity index (χ1) is 6.80. The molecule has 0 radical (unpaired) electrons. The van der Waals surface area contributed by atoms with E-state index in [1.807, 2.05) is 13.1 Å². The van der Waals surface area contributed by atoms with E-state index in [9.17, 15) is 0 Å². The molecule has 0 aliphatic carbocycles. The Kier molecular flexibility index (Phi) is 4.16. The Morgan fingerprint density at radius 3 is 2.43 bits per heavy atom. The van der Waals surface area contributed by atoms with Gasteiger partial charge in [-0.3, -0.25) is 0 Å². The number of rotatable bonds is 5. The average Bonchev–Trinajstić information content (AvgIpc) is 2.26. The summed E-state index contributed by atoms with van der Waals surface area (Å²) in [6.07, 6.45) is 3.78. The molecular formula is C10H18N4. The van der Waals surface area contributed by atoms with E-state index >= 15 is 0 Å². The van der Waals surface area contributed by atoms with Crippen LogP contribution in [-0.2, 0) is 0 Å². The minimum absolute atomic E-state index is 0.495. The molecular weight excluding hydrogens is 176 g/mol. The van der Waals surface area contributed by atoms with Crippen molar-refractivity contribution >= 4 is 11.6 Å². The van der Waals surface area contributed by atoms with Crippen molar-refractivity contribution in [2.75, 3.05) is 17.7 Å². The molecule has 0 aliphatic rings. The van der Waals surface area contributed by atoms with Crippen LogP contribution >= 0.6 is 0 Å². The van der Waals surface area contributed by atoms with E-state index in [-0.39, 0.29) is 0 Å². The van der Waals surface area contributed by atoms with E-state index in [1.54, 1.807) is 6.33 Å². The number of nitrogens with one attached hydrogen (secondary N) is 2. The third-order valence-corrected chi connectivity index (χ3v) is 2.26. The zero-order chi connectivity index (χ0) is 10.4. The molecule has 0 saturated carbocycles. The standard InChI is InChI=1S/C10H18N4/c1-4-8(5-2)14-10-6-9(11-3)12-7-13-10/h6-8H,4-5H2,1-3H3,(H2,11,12,13,14). The van der Waals surface area contributed by atoms with Crippen molar-refractivity contribution in [3.63, 3.8) is 0 Å². The summed E-state index contributed by atoms with van der Waals surface area (Å²) in [6, 6.07) is 2.41. The SMILES string of the molecule is CCC(CC)Nc1cc(NC)ncn1. The van der Waals surface area contributed by atoms with E-state index in [4.69, 9.17) is 0 Å². The first kappa shape index (κ1) is 10.8. The molecule has 1 rings (SSSR count). The first-order valence-corrected chi connectivity index (χ1v) is 5.06. The molecule has 1 heterocycles. The number of anilines is 2. The van der Waals surface area contributed by atoms with Crippen LogP contribution in [0.5, 0.6) is 0 Å². The van der Waals surface area contributed by atoms with E-state index < -0.39 is 0 Å². The summed E-state index contributed by atoms with van der Waals surface area (Å²) in [5.74, 6) is 1.73. The highest BCUT2D eigenvalue weighted by molar-refractivity contribution is 5.46. The maximum Gasteiger partial charge on any atom is 0.131 e. The molecule has 0 unspecified atom stereocenters. The molecule has 78 valence electrons. The highest BCUT2D eigenvalue weighted by atomic mass is 15.1. The minimum Gasteiger partial charge on any atom is -0.373 e. The Labute approximate surface area is 85.2 Å². The lowest BCUT2D eigenvalue weighted by Crippen LogP contribution is -2.17. The fraction of sp³-hybridized carbons (Fsp3) is 0.600. The summed E-state index contributed by atoms with van der Waals surface area (Å²) in [5.41, 5.74) is 0. The zero-order valence-electron chi connectivity index (χ0n) is 9.04. The number of aromatic nitrogens is 2. The lowest BCUT2D eigenvalue weighted by molar-refractivity contribution is 0.668. The predicted molar refractivity (Wildman–Crippen MR) is 59.6 cm³/mol. The van der Waals surface area contributed by atoms with Crippen LogP contribution in [0.3, 0.4) is 0 Å². The molecule has 0 spiro atoms.